The lowest BCUT2D eigenvalue weighted by Crippen LogP contribution is -2.55. The Morgan fingerprint density at radius 2 is 1.94 bits per heavy atom. The van der Waals surface area contributed by atoms with Gasteiger partial charge in [-0.05, 0) is 6.92 Å². The highest BCUT2D eigenvalue weighted by atomic mass is 32.2. The molecule has 0 aromatic rings. The van der Waals surface area contributed by atoms with E-state index in [1.165, 1.54) is 4.90 Å². The van der Waals surface area contributed by atoms with Crippen LogP contribution < -0.4 is 0 Å². The summed E-state index contributed by atoms with van der Waals surface area (Å²) in [6.45, 7) is 1.99. The molecule has 0 saturated carbocycles. The minimum Gasteiger partial charge on any atom is -0.465 e. The molecule has 18 heavy (non-hydrogen) atoms. The molecule has 1 heterocycles. The Morgan fingerprint density at radius 1 is 1.33 bits per heavy atom. The molecule has 0 aromatic carbocycles. The first-order chi connectivity index (χ1) is 8.20. The molecule has 0 aromatic heterocycles. The van der Waals surface area contributed by atoms with Crippen molar-refractivity contribution in [3.63, 3.8) is 0 Å². The molecule has 0 bridgehead atoms. The van der Waals surface area contributed by atoms with Crippen molar-refractivity contribution in [2.75, 3.05) is 25.9 Å². The summed E-state index contributed by atoms with van der Waals surface area (Å²) in [5.41, 5.74) is 0. The van der Waals surface area contributed by atoms with Gasteiger partial charge in [0.25, 0.3) is 10.1 Å². The van der Waals surface area contributed by atoms with Crippen molar-refractivity contribution in [2.45, 2.75) is 13.0 Å². The highest BCUT2D eigenvalue weighted by Crippen LogP contribution is 2.11. The van der Waals surface area contributed by atoms with Crippen molar-refractivity contribution in [2.24, 2.45) is 0 Å². The molecule has 10 heteroatoms. The predicted molar refractivity (Wildman–Crippen MR) is 58.2 cm³/mol. The van der Waals surface area contributed by atoms with E-state index in [4.69, 9.17) is 5.11 Å². The largest absolute Gasteiger partial charge is 0.465 e. The molecule has 1 rings (SSSR count). The molecule has 104 valence electrons. The Morgan fingerprint density at radius 3 is 2.39 bits per heavy atom. The molecular weight excluding hydrogens is 268 g/mol. The Hall–Kier alpha value is -1.55. The van der Waals surface area contributed by atoms with Gasteiger partial charge in [0.2, 0.25) is 0 Å². The van der Waals surface area contributed by atoms with Crippen molar-refractivity contribution >= 4 is 22.3 Å². The summed E-state index contributed by atoms with van der Waals surface area (Å²) in [4.78, 5) is 28.7. The summed E-state index contributed by atoms with van der Waals surface area (Å²) in [6, 6.07) is -0.425. The summed E-state index contributed by atoms with van der Waals surface area (Å²) >= 11 is 0. The SMILES string of the molecule is CC1CN(C(=O)O)CCN1C(=O)OOS(C)(=O)=O. The van der Waals surface area contributed by atoms with Crippen LogP contribution in [0.1, 0.15) is 6.92 Å². The number of hydrogen-bond donors (Lipinski definition) is 1. The molecule has 1 aliphatic heterocycles. The zero-order chi connectivity index (χ0) is 13.9. The van der Waals surface area contributed by atoms with E-state index in [0.29, 0.717) is 0 Å². The van der Waals surface area contributed by atoms with Crippen LogP contribution in [0.25, 0.3) is 0 Å². The summed E-state index contributed by atoms with van der Waals surface area (Å²) in [5, 5.41) is 8.78. The Balaban J connectivity index is 2.53. The third-order valence-corrected chi connectivity index (χ3v) is 2.68. The van der Waals surface area contributed by atoms with E-state index >= 15 is 0 Å². The first-order valence-corrected chi connectivity index (χ1v) is 6.87. The third kappa shape index (κ3) is 4.04. The maximum atomic E-state index is 11.5. The van der Waals surface area contributed by atoms with Gasteiger partial charge in [0.1, 0.15) is 0 Å². The maximum Gasteiger partial charge on any atom is 0.443 e. The maximum absolute atomic E-state index is 11.5. The standard InChI is InChI=1S/C8H14N2O7S/c1-6-5-9(7(11)12)3-4-10(6)8(13)16-17-18(2,14)15/h6H,3-5H2,1-2H3,(H,11,12). The molecule has 0 aliphatic carbocycles. The van der Waals surface area contributed by atoms with Crippen LogP contribution in [-0.2, 0) is 19.3 Å². The van der Waals surface area contributed by atoms with Gasteiger partial charge in [-0.2, -0.15) is 8.42 Å². The number of carboxylic acid groups (broad SMARTS) is 1. The average Bonchev–Trinajstić information content (AvgIpc) is 2.24. The molecule has 1 atom stereocenters. The second-order valence-electron chi connectivity index (χ2n) is 3.89. The van der Waals surface area contributed by atoms with Gasteiger partial charge in [0.15, 0.2) is 0 Å². The predicted octanol–water partition coefficient (Wildman–Crippen LogP) is -0.302. The molecule has 9 nitrogen and oxygen atoms in total. The molecule has 2 amide bonds. The molecular formula is C8H14N2O7S. The number of carbonyl (C=O) groups is 2. The van der Waals surface area contributed by atoms with Gasteiger partial charge in [0, 0.05) is 19.6 Å². The van der Waals surface area contributed by atoms with E-state index in [-0.39, 0.29) is 19.6 Å². The third-order valence-electron chi connectivity index (χ3n) is 2.36. The fourth-order valence-corrected chi connectivity index (χ4v) is 1.72. The molecule has 1 aliphatic rings. The molecule has 0 radical (unpaired) electrons. The molecule has 1 fully saturated rings. The molecule has 1 N–H and O–H groups in total. The fourth-order valence-electron chi connectivity index (χ4n) is 1.54. The van der Waals surface area contributed by atoms with E-state index in [9.17, 15) is 18.0 Å². The summed E-state index contributed by atoms with van der Waals surface area (Å²) in [5.74, 6) is 0. The number of amides is 2. The first kappa shape index (κ1) is 14.5. The minimum atomic E-state index is -3.87. The summed E-state index contributed by atoms with van der Waals surface area (Å²) in [7, 11) is -3.87. The normalized spacial score (nSPS) is 20.7. The second-order valence-corrected chi connectivity index (χ2v) is 5.44. The van der Waals surface area contributed by atoms with Gasteiger partial charge in [-0.3, -0.25) is 9.79 Å². The highest BCUT2D eigenvalue weighted by Gasteiger charge is 2.31. The number of nitrogens with zero attached hydrogens (tertiary/aromatic N) is 2. The van der Waals surface area contributed by atoms with Gasteiger partial charge >= 0.3 is 12.2 Å². The van der Waals surface area contributed by atoms with Crippen LogP contribution in [0.2, 0.25) is 0 Å². The minimum absolute atomic E-state index is 0.111. The van der Waals surface area contributed by atoms with Gasteiger partial charge in [-0.25, -0.2) is 9.59 Å². The summed E-state index contributed by atoms with van der Waals surface area (Å²) < 4.78 is 25.2. The lowest BCUT2D eigenvalue weighted by atomic mass is 10.2. The average molecular weight is 282 g/mol. The number of carbonyl (C=O) groups excluding carboxylic acids is 1. The van der Waals surface area contributed by atoms with Crippen LogP contribution in [0.5, 0.6) is 0 Å². The van der Waals surface area contributed by atoms with Gasteiger partial charge in [-0.1, -0.05) is 4.33 Å². The smallest absolute Gasteiger partial charge is 0.443 e. The van der Waals surface area contributed by atoms with Crippen LogP contribution in [0, 0.1) is 0 Å². The van der Waals surface area contributed by atoms with Crippen molar-refractivity contribution in [3.8, 4) is 0 Å². The van der Waals surface area contributed by atoms with E-state index in [1.54, 1.807) is 6.92 Å². The van der Waals surface area contributed by atoms with E-state index in [0.717, 1.165) is 11.2 Å². The van der Waals surface area contributed by atoms with Crippen LogP contribution >= 0.6 is 0 Å². The molecule has 1 unspecified atom stereocenters. The monoisotopic (exact) mass is 282 g/mol. The Kier molecular flexibility index (Phi) is 4.35. The summed E-state index contributed by atoms with van der Waals surface area (Å²) in [6.07, 6.45) is -1.29. The quantitative estimate of drug-likeness (QED) is 0.546. The van der Waals surface area contributed by atoms with E-state index in [2.05, 4.69) is 9.22 Å². The lowest BCUT2D eigenvalue weighted by Gasteiger charge is -2.37. The Bertz CT molecular complexity index is 435. The van der Waals surface area contributed by atoms with Crippen molar-refractivity contribution in [1.82, 2.24) is 9.80 Å². The van der Waals surface area contributed by atoms with Crippen molar-refractivity contribution in [1.29, 1.82) is 0 Å². The lowest BCUT2D eigenvalue weighted by molar-refractivity contribution is -0.152. The van der Waals surface area contributed by atoms with Gasteiger partial charge in [-0.15, -0.1) is 0 Å². The van der Waals surface area contributed by atoms with Crippen molar-refractivity contribution in [3.05, 3.63) is 0 Å². The zero-order valence-electron chi connectivity index (χ0n) is 9.90. The topological polar surface area (TPSA) is 113 Å². The van der Waals surface area contributed by atoms with Crippen molar-refractivity contribution < 1.29 is 32.3 Å². The molecule has 0 spiro atoms. The van der Waals surface area contributed by atoms with Gasteiger partial charge < -0.3 is 10.0 Å². The first-order valence-electron chi connectivity index (χ1n) is 5.05. The number of piperazine rings is 1. The highest BCUT2D eigenvalue weighted by molar-refractivity contribution is 7.85. The molecule has 1 saturated heterocycles. The van der Waals surface area contributed by atoms with Crippen LogP contribution in [0.3, 0.4) is 0 Å². The number of hydrogen-bond acceptors (Lipinski definition) is 6. The van der Waals surface area contributed by atoms with Crippen LogP contribution in [0.4, 0.5) is 9.59 Å². The van der Waals surface area contributed by atoms with E-state index < -0.39 is 28.3 Å². The van der Waals surface area contributed by atoms with Gasteiger partial charge in [0.05, 0.1) is 12.3 Å². The van der Waals surface area contributed by atoms with E-state index in [1.807, 2.05) is 0 Å². The Labute approximate surface area is 104 Å². The fraction of sp³-hybridized carbons (Fsp3) is 0.750. The second kappa shape index (κ2) is 5.40. The number of rotatable bonds is 2. The van der Waals surface area contributed by atoms with Crippen LogP contribution in [0.15, 0.2) is 0 Å². The zero-order valence-corrected chi connectivity index (χ0v) is 10.7. The van der Waals surface area contributed by atoms with Crippen LogP contribution in [-0.4, -0.2) is 67.4 Å².